The number of carbonyl (C=O) groups excluding carboxylic acids is 1. The molecule has 94 valence electrons. The van der Waals surface area contributed by atoms with Crippen LogP contribution < -0.4 is 4.74 Å². The molecule has 0 radical (unpaired) electrons. The van der Waals surface area contributed by atoms with E-state index in [-0.39, 0.29) is 0 Å². The van der Waals surface area contributed by atoms with Crippen molar-refractivity contribution in [1.82, 2.24) is 9.97 Å². The maximum absolute atomic E-state index is 11.6. The van der Waals surface area contributed by atoms with Crippen molar-refractivity contribution < 1.29 is 14.3 Å². The van der Waals surface area contributed by atoms with Crippen LogP contribution in [0.3, 0.4) is 0 Å². The van der Waals surface area contributed by atoms with Crippen LogP contribution in [0.25, 0.3) is 11.3 Å². The maximum Gasteiger partial charge on any atom is 0.356 e. The summed E-state index contributed by atoms with van der Waals surface area (Å²) in [5.74, 6) is 0.278. The van der Waals surface area contributed by atoms with E-state index in [1.54, 1.807) is 19.2 Å². The number of benzene rings is 1. The Balaban J connectivity index is 2.49. The third kappa shape index (κ3) is 2.28. The van der Waals surface area contributed by atoms with Crippen molar-refractivity contribution in [2.75, 3.05) is 14.2 Å². The van der Waals surface area contributed by atoms with Crippen LogP contribution in [-0.4, -0.2) is 30.2 Å². The quantitative estimate of drug-likeness (QED) is 0.660. The zero-order valence-electron chi connectivity index (χ0n) is 9.94. The van der Waals surface area contributed by atoms with Crippen LogP contribution >= 0.6 is 12.2 Å². The molecule has 1 aromatic carbocycles. The van der Waals surface area contributed by atoms with Crippen molar-refractivity contribution >= 4 is 18.2 Å². The Labute approximate surface area is 109 Å². The Hall–Kier alpha value is -2.08. The van der Waals surface area contributed by atoms with E-state index in [0.717, 1.165) is 11.3 Å². The van der Waals surface area contributed by atoms with Gasteiger partial charge in [-0.2, -0.15) is 0 Å². The summed E-state index contributed by atoms with van der Waals surface area (Å²) in [6.07, 6.45) is 0. The number of nitrogens with one attached hydrogen (secondary N) is 2. The number of carbonyl (C=O) groups is 1. The van der Waals surface area contributed by atoms with E-state index in [9.17, 15) is 4.79 Å². The van der Waals surface area contributed by atoms with Crippen LogP contribution in [0, 0.1) is 4.77 Å². The molecule has 0 aliphatic heterocycles. The molecule has 0 amide bonds. The third-order valence-corrected chi connectivity index (χ3v) is 2.70. The first-order chi connectivity index (χ1) is 8.65. The highest BCUT2D eigenvalue weighted by Crippen LogP contribution is 2.23. The second kappa shape index (κ2) is 5.05. The fourth-order valence-electron chi connectivity index (χ4n) is 1.61. The van der Waals surface area contributed by atoms with Gasteiger partial charge in [-0.05, 0) is 36.5 Å². The van der Waals surface area contributed by atoms with E-state index in [4.69, 9.17) is 21.7 Å². The maximum atomic E-state index is 11.6. The number of H-pyrrole nitrogens is 2. The molecule has 0 saturated carbocycles. The first-order valence-corrected chi connectivity index (χ1v) is 5.61. The van der Waals surface area contributed by atoms with Crippen LogP contribution in [0.1, 0.15) is 10.5 Å². The molecule has 0 unspecified atom stereocenters. The van der Waals surface area contributed by atoms with Crippen molar-refractivity contribution in [1.29, 1.82) is 0 Å². The predicted octanol–water partition coefficient (Wildman–Crippen LogP) is 2.53. The molecular weight excluding hydrogens is 252 g/mol. The van der Waals surface area contributed by atoms with Crippen molar-refractivity contribution in [2.45, 2.75) is 0 Å². The van der Waals surface area contributed by atoms with Crippen LogP contribution in [-0.2, 0) is 4.74 Å². The Kier molecular flexibility index (Phi) is 3.47. The number of esters is 1. The molecule has 0 spiro atoms. The van der Waals surface area contributed by atoms with Crippen molar-refractivity contribution in [3.05, 3.63) is 34.7 Å². The molecule has 0 aliphatic rings. The van der Waals surface area contributed by atoms with Gasteiger partial charge in [0.25, 0.3) is 0 Å². The lowest BCUT2D eigenvalue weighted by atomic mass is 10.1. The number of aromatic nitrogens is 2. The number of ether oxygens (including phenoxy) is 2. The van der Waals surface area contributed by atoms with Gasteiger partial charge in [-0.25, -0.2) is 4.79 Å². The van der Waals surface area contributed by atoms with E-state index in [1.807, 2.05) is 12.1 Å². The number of imidazole rings is 1. The number of hydrogen-bond donors (Lipinski definition) is 2. The normalized spacial score (nSPS) is 10.1. The molecule has 0 fully saturated rings. The van der Waals surface area contributed by atoms with Crippen LogP contribution in [0.15, 0.2) is 24.3 Å². The Morgan fingerprint density at radius 2 is 1.83 bits per heavy atom. The Morgan fingerprint density at radius 1 is 1.17 bits per heavy atom. The topological polar surface area (TPSA) is 67.1 Å². The van der Waals surface area contributed by atoms with Gasteiger partial charge in [0.1, 0.15) is 5.75 Å². The Bertz CT molecular complexity index is 613. The molecule has 0 saturated heterocycles. The first-order valence-electron chi connectivity index (χ1n) is 5.20. The lowest BCUT2D eigenvalue weighted by Crippen LogP contribution is -2.03. The number of methoxy groups -OCH3 is 2. The van der Waals surface area contributed by atoms with E-state index >= 15 is 0 Å². The summed E-state index contributed by atoms with van der Waals surface area (Å²) in [6, 6.07) is 7.28. The molecule has 0 atom stereocenters. The molecular formula is C12H12N2O3S. The monoisotopic (exact) mass is 264 g/mol. The fourth-order valence-corrected chi connectivity index (χ4v) is 1.82. The van der Waals surface area contributed by atoms with Gasteiger partial charge >= 0.3 is 5.97 Å². The highest BCUT2D eigenvalue weighted by Gasteiger charge is 2.16. The lowest BCUT2D eigenvalue weighted by molar-refractivity contribution is 0.0595. The summed E-state index contributed by atoms with van der Waals surface area (Å²) in [5, 5.41) is 0. The largest absolute Gasteiger partial charge is 0.497 e. The molecule has 2 rings (SSSR count). The van der Waals surface area contributed by atoms with E-state index in [0.29, 0.717) is 16.2 Å². The summed E-state index contributed by atoms with van der Waals surface area (Å²) in [7, 11) is 2.92. The molecule has 18 heavy (non-hydrogen) atoms. The van der Waals surface area contributed by atoms with Gasteiger partial charge in [0.05, 0.1) is 19.9 Å². The standard InChI is InChI=1S/C12H12N2O3S/c1-16-8-5-3-7(4-6-8)9-10(11(15)17-2)14-12(18)13-9/h3-6H,1-2H3,(H2,13,14,18). The summed E-state index contributed by atoms with van der Waals surface area (Å²) in [6.45, 7) is 0. The zero-order chi connectivity index (χ0) is 13.1. The summed E-state index contributed by atoms with van der Waals surface area (Å²) >= 11 is 4.99. The Morgan fingerprint density at radius 3 is 2.39 bits per heavy atom. The van der Waals surface area contributed by atoms with Crippen molar-refractivity contribution in [2.24, 2.45) is 0 Å². The SMILES string of the molecule is COC(=O)c1[nH]c(=S)[nH]c1-c1ccc(OC)cc1. The average molecular weight is 264 g/mol. The summed E-state index contributed by atoms with van der Waals surface area (Å²) < 4.78 is 10.2. The van der Waals surface area contributed by atoms with E-state index in [2.05, 4.69) is 9.97 Å². The number of hydrogen-bond acceptors (Lipinski definition) is 4. The van der Waals surface area contributed by atoms with Gasteiger partial charge in [-0.3, -0.25) is 0 Å². The van der Waals surface area contributed by atoms with Gasteiger partial charge in [-0.15, -0.1) is 0 Å². The minimum Gasteiger partial charge on any atom is -0.497 e. The van der Waals surface area contributed by atoms with Gasteiger partial charge in [-0.1, -0.05) is 0 Å². The highest BCUT2D eigenvalue weighted by molar-refractivity contribution is 7.71. The van der Waals surface area contributed by atoms with Gasteiger partial charge in [0.2, 0.25) is 0 Å². The van der Waals surface area contributed by atoms with Gasteiger partial charge < -0.3 is 19.4 Å². The number of aromatic amines is 2. The number of rotatable bonds is 3. The average Bonchev–Trinajstić information content (AvgIpc) is 2.80. The van der Waals surface area contributed by atoms with Crippen molar-refractivity contribution in [3.8, 4) is 17.0 Å². The van der Waals surface area contributed by atoms with Gasteiger partial charge in [0.15, 0.2) is 10.5 Å². The van der Waals surface area contributed by atoms with Crippen LogP contribution in [0.2, 0.25) is 0 Å². The fraction of sp³-hybridized carbons (Fsp3) is 0.167. The predicted molar refractivity (Wildman–Crippen MR) is 69.3 cm³/mol. The van der Waals surface area contributed by atoms with Crippen molar-refractivity contribution in [3.63, 3.8) is 0 Å². The van der Waals surface area contributed by atoms with Gasteiger partial charge in [0, 0.05) is 5.56 Å². The minimum absolute atomic E-state index is 0.313. The molecule has 2 aromatic rings. The molecule has 0 bridgehead atoms. The lowest BCUT2D eigenvalue weighted by Gasteiger charge is -2.03. The minimum atomic E-state index is -0.465. The molecule has 2 N–H and O–H groups in total. The smallest absolute Gasteiger partial charge is 0.356 e. The van der Waals surface area contributed by atoms with Crippen LogP contribution in [0.4, 0.5) is 0 Å². The first kappa shape index (κ1) is 12.4. The zero-order valence-corrected chi connectivity index (χ0v) is 10.8. The van der Waals surface area contributed by atoms with Crippen LogP contribution in [0.5, 0.6) is 5.75 Å². The van der Waals surface area contributed by atoms with E-state index < -0.39 is 5.97 Å². The summed E-state index contributed by atoms with van der Waals surface area (Å²) in [4.78, 5) is 17.3. The molecule has 5 nitrogen and oxygen atoms in total. The molecule has 0 aliphatic carbocycles. The van der Waals surface area contributed by atoms with E-state index in [1.165, 1.54) is 7.11 Å². The molecule has 1 heterocycles. The summed E-state index contributed by atoms with van der Waals surface area (Å²) in [5.41, 5.74) is 1.74. The molecule has 1 aromatic heterocycles. The third-order valence-electron chi connectivity index (χ3n) is 2.50. The second-order valence-corrected chi connectivity index (χ2v) is 3.96. The molecule has 6 heteroatoms. The highest BCUT2D eigenvalue weighted by atomic mass is 32.1. The second-order valence-electron chi connectivity index (χ2n) is 3.55.